The summed E-state index contributed by atoms with van der Waals surface area (Å²) >= 11 is 0. The Kier molecular flexibility index (Phi) is 6.23. The van der Waals surface area contributed by atoms with Crippen molar-refractivity contribution >= 4 is 17.7 Å². The van der Waals surface area contributed by atoms with Crippen LogP contribution >= 0.6 is 0 Å². The molecule has 0 spiro atoms. The van der Waals surface area contributed by atoms with Gasteiger partial charge in [-0.2, -0.15) is 5.26 Å². The number of likely N-dealkylation sites (N-methyl/N-ethyl adjacent to an activating group) is 1. The first-order valence-corrected chi connectivity index (χ1v) is 8.20. The van der Waals surface area contributed by atoms with Gasteiger partial charge in [-0.05, 0) is 43.7 Å². The van der Waals surface area contributed by atoms with E-state index in [2.05, 4.69) is 6.07 Å². The van der Waals surface area contributed by atoms with Crippen LogP contribution in [0.15, 0.2) is 54.6 Å². The predicted molar refractivity (Wildman–Crippen MR) is 99.1 cm³/mol. The van der Waals surface area contributed by atoms with Gasteiger partial charge in [-0.25, -0.2) is 0 Å². The largest absolute Gasteiger partial charge is 0.333 e. The lowest BCUT2D eigenvalue weighted by atomic mass is 10.0. The van der Waals surface area contributed by atoms with E-state index in [0.29, 0.717) is 17.7 Å². The second-order valence-electron chi connectivity index (χ2n) is 5.68. The van der Waals surface area contributed by atoms with Gasteiger partial charge in [0.1, 0.15) is 0 Å². The fourth-order valence-electron chi connectivity index (χ4n) is 2.69. The zero-order valence-corrected chi connectivity index (χ0v) is 14.6. The third kappa shape index (κ3) is 4.33. The highest BCUT2D eigenvalue weighted by atomic mass is 16.6. The number of hydrogen-bond acceptors (Lipinski definition) is 4. The number of rotatable bonds is 6. The molecular weight excluding hydrogens is 330 g/mol. The van der Waals surface area contributed by atoms with Gasteiger partial charge in [0, 0.05) is 18.7 Å². The minimum atomic E-state index is -0.471. The van der Waals surface area contributed by atoms with Crippen LogP contribution in [0.5, 0.6) is 0 Å². The second kappa shape index (κ2) is 8.58. The monoisotopic (exact) mass is 349 g/mol. The summed E-state index contributed by atoms with van der Waals surface area (Å²) in [6.07, 6.45) is 2.82. The smallest absolute Gasteiger partial charge is 0.276 e. The van der Waals surface area contributed by atoms with Gasteiger partial charge >= 0.3 is 0 Å². The average Bonchev–Trinajstić information content (AvgIpc) is 2.67. The molecule has 2 rings (SSSR count). The molecule has 0 saturated carbocycles. The minimum absolute atomic E-state index is 0.0419. The molecule has 6 heteroatoms. The van der Waals surface area contributed by atoms with Crippen molar-refractivity contribution in [1.29, 1.82) is 5.26 Å². The maximum Gasteiger partial charge on any atom is 0.276 e. The van der Waals surface area contributed by atoms with Crippen molar-refractivity contribution in [2.75, 3.05) is 6.54 Å². The van der Waals surface area contributed by atoms with Crippen molar-refractivity contribution in [2.24, 2.45) is 0 Å². The van der Waals surface area contributed by atoms with Crippen molar-refractivity contribution in [1.82, 2.24) is 4.90 Å². The lowest BCUT2D eigenvalue weighted by Crippen LogP contribution is -2.32. The molecule has 0 aliphatic rings. The Hall–Kier alpha value is -3.46. The van der Waals surface area contributed by atoms with E-state index in [0.717, 1.165) is 5.56 Å². The summed E-state index contributed by atoms with van der Waals surface area (Å²) in [4.78, 5) is 24.8. The maximum atomic E-state index is 12.6. The van der Waals surface area contributed by atoms with Crippen molar-refractivity contribution in [3.8, 4) is 6.07 Å². The number of benzene rings is 2. The fourth-order valence-corrected chi connectivity index (χ4v) is 2.69. The molecule has 0 aliphatic carbocycles. The zero-order valence-electron chi connectivity index (χ0n) is 14.6. The van der Waals surface area contributed by atoms with Gasteiger partial charge in [-0.15, -0.1) is 0 Å². The van der Waals surface area contributed by atoms with Gasteiger partial charge in [0.15, 0.2) is 0 Å². The molecule has 2 aromatic rings. The highest BCUT2D eigenvalue weighted by molar-refractivity contribution is 5.92. The number of nitriles is 1. The molecule has 1 amide bonds. The van der Waals surface area contributed by atoms with Crippen LogP contribution in [-0.2, 0) is 4.79 Å². The Bertz CT molecular complexity index is 867. The van der Waals surface area contributed by atoms with Gasteiger partial charge in [-0.1, -0.05) is 24.3 Å². The van der Waals surface area contributed by atoms with Crippen LogP contribution in [0.25, 0.3) is 6.08 Å². The maximum absolute atomic E-state index is 12.6. The minimum Gasteiger partial charge on any atom is -0.333 e. The predicted octanol–water partition coefficient (Wildman–Crippen LogP) is 4.09. The van der Waals surface area contributed by atoms with Crippen LogP contribution in [0.4, 0.5) is 5.69 Å². The third-order valence-corrected chi connectivity index (χ3v) is 4.15. The lowest BCUT2D eigenvalue weighted by molar-refractivity contribution is -0.385. The number of carbonyl (C=O) groups excluding carboxylic acids is 1. The van der Waals surface area contributed by atoms with E-state index in [1.54, 1.807) is 35.2 Å². The molecule has 0 N–H and O–H groups in total. The molecule has 0 bridgehead atoms. The van der Waals surface area contributed by atoms with Gasteiger partial charge in [0.25, 0.3) is 5.69 Å². The molecule has 0 radical (unpaired) electrons. The molecule has 0 aliphatic heterocycles. The highest BCUT2D eigenvalue weighted by Gasteiger charge is 2.18. The highest BCUT2D eigenvalue weighted by Crippen LogP contribution is 2.22. The summed E-state index contributed by atoms with van der Waals surface area (Å²) < 4.78 is 0. The number of para-hydroxylation sites is 1. The van der Waals surface area contributed by atoms with Crippen molar-refractivity contribution in [3.05, 3.63) is 81.4 Å². The summed E-state index contributed by atoms with van der Waals surface area (Å²) in [5.41, 5.74) is 1.82. The molecule has 1 atom stereocenters. The second-order valence-corrected chi connectivity index (χ2v) is 5.68. The molecule has 0 saturated heterocycles. The zero-order chi connectivity index (χ0) is 19.1. The van der Waals surface area contributed by atoms with Gasteiger partial charge in [-0.3, -0.25) is 14.9 Å². The van der Waals surface area contributed by atoms with E-state index < -0.39 is 4.92 Å². The first-order valence-electron chi connectivity index (χ1n) is 8.20. The first kappa shape index (κ1) is 18.9. The normalized spacial score (nSPS) is 11.7. The Morgan fingerprint density at radius 2 is 1.92 bits per heavy atom. The first-order chi connectivity index (χ1) is 12.5. The number of nitro groups is 1. The van der Waals surface area contributed by atoms with E-state index in [9.17, 15) is 14.9 Å². The Morgan fingerprint density at radius 1 is 1.27 bits per heavy atom. The van der Waals surface area contributed by atoms with Crippen LogP contribution < -0.4 is 0 Å². The molecule has 2 aromatic carbocycles. The summed E-state index contributed by atoms with van der Waals surface area (Å²) in [6, 6.07) is 15.2. The van der Waals surface area contributed by atoms with Crippen LogP contribution in [0.2, 0.25) is 0 Å². The SMILES string of the molecule is CCN(C(=O)/C=C/c1ccccc1[N+](=O)[O-])C(C)c1ccc(C#N)cc1. The van der Waals surface area contributed by atoms with Gasteiger partial charge < -0.3 is 4.90 Å². The lowest BCUT2D eigenvalue weighted by Gasteiger charge is -2.27. The summed E-state index contributed by atoms with van der Waals surface area (Å²) in [6.45, 7) is 4.26. The van der Waals surface area contributed by atoms with E-state index in [-0.39, 0.29) is 17.6 Å². The van der Waals surface area contributed by atoms with E-state index in [1.165, 1.54) is 18.2 Å². The summed E-state index contributed by atoms with van der Waals surface area (Å²) in [7, 11) is 0. The Labute approximate surface area is 152 Å². The molecule has 0 heterocycles. The number of nitrogens with zero attached hydrogens (tertiary/aromatic N) is 3. The fraction of sp³-hybridized carbons (Fsp3) is 0.200. The molecule has 132 valence electrons. The standard InChI is InChI=1S/C20H19N3O3/c1-3-22(15(2)17-10-8-16(14-21)9-11-17)20(24)13-12-18-6-4-5-7-19(18)23(25)26/h4-13,15H,3H2,1-2H3/b13-12+. The Morgan fingerprint density at radius 3 is 2.50 bits per heavy atom. The molecule has 0 aromatic heterocycles. The topological polar surface area (TPSA) is 87.2 Å². The van der Waals surface area contributed by atoms with Crippen LogP contribution in [0.1, 0.15) is 36.6 Å². The number of hydrogen-bond donors (Lipinski definition) is 0. The van der Waals surface area contributed by atoms with Gasteiger partial charge in [0.2, 0.25) is 5.91 Å². The molecular formula is C20H19N3O3. The molecule has 26 heavy (non-hydrogen) atoms. The number of nitro benzene ring substituents is 1. The summed E-state index contributed by atoms with van der Waals surface area (Å²) in [5.74, 6) is -0.234. The number of carbonyl (C=O) groups is 1. The summed E-state index contributed by atoms with van der Waals surface area (Å²) in [5, 5.41) is 19.9. The third-order valence-electron chi connectivity index (χ3n) is 4.15. The van der Waals surface area contributed by atoms with E-state index in [1.807, 2.05) is 26.0 Å². The van der Waals surface area contributed by atoms with Crippen LogP contribution in [0, 0.1) is 21.4 Å². The van der Waals surface area contributed by atoms with Gasteiger partial charge in [0.05, 0.1) is 28.2 Å². The Balaban J connectivity index is 2.20. The average molecular weight is 349 g/mol. The van der Waals surface area contributed by atoms with Crippen molar-refractivity contribution in [3.63, 3.8) is 0 Å². The van der Waals surface area contributed by atoms with Crippen molar-refractivity contribution in [2.45, 2.75) is 19.9 Å². The quantitative estimate of drug-likeness (QED) is 0.446. The van der Waals surface area contributed by atoms with Crippen LogP contribution in [0.3, 0.4) is 0 Å². The van der Waals surface area contributed by atoms with E-state index >= 15 is 0 Å². The molecule has 6 nitrogen and oxygen atoms in total. The number of amides is 1. The molecule has 1 unspecified atom stereocenters. The van der Waals surface area contributed by atoms with Crippen LogP contribution in [-0.4, -0.2) is 22.3 Å². The van der Waals surface area contributed by atoms with E-state index in [4.69, 9.17) is 5.26 Å². The van der Waals surface area contributed by atoms with Crippen molar-refractivity contribution < 1.29 is 9.72 Å². The molecule has 0 fully saturated rings.